The van der Waals surface area contributed by atoms with Crippen LogP contribution in [0.15, 0.2) is 4.60 Å². The van der Waals surface area contributed by atoms with Gasteiger partial charge in [-0.1, -0.05) is 25.7 Å². The van der Waals surface area contributed by atoms with E-state index >= 15 is 0 Å². The zero-order valence-corrected chi connectivity index (χ0v) is 11.2. The monoisotopic (exact) mass is 270 g/mol. The van der Waals surface area contributed by atoms with Crippen molar-refractivity contribution in [2.24, 2.45) is 13.0 Å². The van der Waals surface area contributed by atoms with Crippen molar-refractivity contribution in [3.63, 3.8) is 0 Å². The van der Waals surface area contributed by atoms with Gasteiger partial charge in [-0.3, -0.25) is 0 Å². The lowest BCUT2D eigenvalue weighted by Gasteiger charge is -2.06. The van der Waals surface area contributed by atoms with Crippen LogP contribution in [0.1, 0.15) is 43.6 Å². The molecule has 1 aliphatic rings. The third kappa shape index (κ3) is 2.44. The predicted octanol–water partition coefficient (Wildman–Crippen LogP) is 3.61. The van der Waals surface area contributed by atoms with Crippen LogP contribution in [-0.2, 0) is 13.5 Å². The van der Waals surface area contributed by atoms with Gasteiger partial charge in [-0.05, 0) is 41.6 Å². The van der Waals surface area contributed by atoms with E-state index in [0.29, 0.717) is 0 Å². The fraction of sp³-hybridized carbons (Fsp3) is 0.750. The van der Waals surface area contributed by atoms with Crippen LogP contribution in [0.3, 0.4) is 0 Å². The molecular weight excluding hydrogens is 252 g/mol. The van der Waals surface area contributed by atoms with Crippen molar-refractivity contribution >= 4 is 15.9 Å². The zero-order chi connectivity index (χ0) is 10.8. The molecule has 84 valence electrons. The molecule has 0 atom stereocenters. The maximum Gasteiger partial charge on any atom is 0.108 e. The van der Waals surface area contributed by atoms with Crippen molar-refractivity contribution in [2.75, 3.05) is 0 Å². The minimum atomic E-state index is 0.958. The van der Waals surface area contributed by atoms with Gasteiger partial charge in [-0.15, -0.1) is 0 Å². The summed E-state index contributed by atoms with van der Waals surface area (Å²) in [4.78, 5) is 4.59. The second-order valence-electron chi connectivity index (χ2n) is 4.64. The Morgan fingerprint density at radius 1 is 1.40 bits per heavy atom. The fourth-order valence-corrected chi connectivity index (χ4v) is 2.99. The summed E-state index contributed by atoms with van der Waals surface area (Å²) in [5.41, 5.74) is 1.24. The number of rotatable bonds is 3. The molecule has 2 nitrogen and oxygen atoms in total. The average molecular weight is 271 g/mol. The van der Waals surface area contributed by atoms with Crippen LogP contribution in [0.25, 0.3) is 0 Å². The van der Waals surface area contributed by atoms with E-state index in [4.69, 9.17) is 0 Å². The highest BCUT2D eigenvalue weighted by atomic mass is 79.9. The normalized spacial score (nSPS) is 17.5. The summed E-state index contributed by atoms with van der Waals surface area (Å²) in [6.07, 6.45) is 8.19. The molecule has 1 saturated carbocycles. The van der Waals surface area contributed by atoms with Gasteiger partial charge in [0.05, 0.1) is 5.69 Å². The second-order valence-corrected chi connectivity index (χ2v) is 5.40. The molecule has 0 aliphatic heterocycles. The van der Waals surface area contributed by atoms with Gasteiger partial charge in [0.1, 0.15) is 10.4 Å². The van der Waals surface area contributed by atoms with E-state index in [0.717, 1.165) is 22.8 Å². The highest BCUT2D eigenvalue weighted by Crippen LogP contribution is 2.29. The predicted molar refractivity (Wildman–Crippen MR) is 65.9 cm³/mol. The summed E-state index contributed by atoms with van der Waals surface area (Å²) in [5.74, 6) is 2.06. The third-order valence-corrected chi connectivity index (χ3v) is 4.57. The van der Waals surface area contributed by atoms with Gasteiger partial charge in [-0.25, -0.2) is 4.98 Å². The maximum absolute atomic E-state index is 4.59. The third-order valence-electron chi connectivity index (χ3n) is 3.58. The minimum Gasteiger partial charge on any atom is -0.326 e. The Labute approximate surface area is 100 Å². The van der Waals surface area contributed by atoms with E-state index in [1.165, 1.54) is 37.8 Å². The molecule has 15 heavy (non-hydrogen) atoms. The molecule has 1 aromatic heterocycles. The van der Waals surface area contributed by atoms with Gasteiger partial charge in [0.2, 0.25) is 0 Å². The Morgan fingerprint density at radius 2 is 2.07 bits per heavy atom. The summed E-state index contributed by atoms with van der Waals surface area (Å²) in [5, 5.41) is 0. The van der Waals surface area contributed by atoms with E-state index in [1.54, 1.807) is 0 Å². The first-order valence-electron chi connectivity index (χ1n) is 5.86. The van der Waals surface area contributed by atoms with Crippen LogP contribution >= 0.6 is 15.9 Å². The summed E-state index contributed by atoms with van der Waals surface area (Å²) in [6, 6.07) is 0. The van der Waals surface area contributed by atoms with E-state index in [-0.39, 0.29) is 0 Å². The Bertz CT molecular complexity index is 338. The summed E-state index contributed by atoms with van der Waals surface area (Å²) < 4.78 is 3.28. The van der Waals surface area contributed by atoms with Gasteiger partial charge in [0.15, 0.2) is 0 Å². The molecule has 0 spiro atoms. The SMILES string of the molecule is Cc1nc(CCC2CCCC2)c(Br)n1C. The van der Waals surface area contributed by atoms with Crippen molar-refractivity contribution in [2.45, 2.75) is 45.4 Å². The first-order valence-corrected chi connectivity index (χ1v) is 6.65. The number of hydrogen-bond acceptors (Lipinski definition) is 1. The topological polar surface area (TPSA) is 17.8 Å². The van der Waals surface area contributed by atoms with E-state index < -0.39 is 0 Å². The Balaban J connectivity index is 1.95. The van der Waals surface area contributed by atoms with Gasteiger partial charge in [0, 0.05) is 7.05 Å². The average Bonchev–Trinajstić information content (AvgIpc) is 2.80. The molecule has 1 fully saturated rings. The highest BCUT2D eigenvalue weighted by molar-refractivity contribution is 9.10. The number of nitrogens with zero attached hydrogens (tertiary/aromatic N) is 2. The van der Waals surface area contributed by atoms with Gasteiger partial charge >= 0.3 is 0 Å². The van der Waals surface area contributed by atoms with Crippen LogP contribution in [-0.4, -0.2) is 9.55 Å². The van der Waals surface area contributed by atoms with Gasteiger partial charge < -0.3 is 4.57 Å². The number of imidazole rings is 1. The van der Waals surface area contributed by atoms with Crippen molar-refractivity contribution in [1.82, 2.24) is 9.55 Å². The minimum absolute atomic E-state index is 0.958. The first kappa shape index (κ1) is 11.2. The Kier molecular flexibility index (Phi) is 3.49. The molecule has 0 amide bonds. The number of aromatic nitrogens is 2. The van der Waals surface area contributed by atoms with E-state index in [1.807, 2.05) is 0 Å². The van der Waals surface area contributed by atoms with E-state index in [9.17, 15) is 0 Å². The molecule has 1 aromatic rings. The van der Waals surface area contributed by atoms with Gasteiger partial charge in [-0.2, -0.15) is 0 Å². The molecule has 3 heteroatoms. The molecule has 1 aliphatic carbocycles. The molecular formula is C12H19BrN2. The van der Waals surface area contributed by atoms with Gasteiger partial charge in [0.25, 0.3) is 0 Å². The molecule has 1 heterocycles. The fourth-order valence-electron chi connectivity index (χ4n) is 2.45. The van der Waals surface area contributed by atoms with Crippen LogP contribution in [0.4, 0.5) is 0 Å². The molecule has 0 radical (unpaired) electrons. The number of aryl methyl sites for hydroxylation is 2. The van der Waals surface area contributed by atoms with Crippen molar-refractivity contribution in [3.05, 3.63) is 16.1 Å². The standard InChI is InChI=1S/C12H19BrN2/c1-9-14-11(12(13)15(9)2)8-7-10-5-3-4-6-10/h10H,3-8H2,1-2H3. The summed E-state index contributed by atoms with van der Waals surface area (Å²) >= 11 is 3.61. The molecule has 0 aromatic carbocycles. The van der Waals surface area contributed by atoms with Crippen LogP contribution in [0.2, 0.25) is 0 Å². The smallest absolute Gasteiger partial charge is 0.108 e. The van der Waals surface area contributed by atoms with Crippen molar-refractivity contribution in [1.29, 1.82) is 0 Å². The van der Waals surface area contributed by atoms with Crippen LogP contribution in [0.5, 0.6) is 0 Å². The highest BCUT2D eigenvalue weighted by Gasteiger charge is 2.16. The Morgan fingerprint density at radius 3 is 2.60 bits per heavy atom. The molecule has 0 unspecified atom stereocenters. The first-order chi connectivity index (χ1) is 7.18. The second kappa shape index (κ2) is 4.69. The zero-order valence-electron chi connectivity index (χ0n) is 9.59. The lowest BCUT2D eigenvalue weighted by molar-refractivity contribution is 0.500. The van der Waals surface area contributed by atoms with Crippen molar-refractivity contribution < 1.29 is 0 Å². The quantitative estimate of drug-likeness (QED) is 0.821. The van der Waals surface area contributed by atoms with Crippen LogP contribution < -0.4 is 0 Å². The summed E-state index contributed by atoms with van der Waals surface area (Å²) in [6.45, 7) is 2.06. The largest absolute Gasteiger partial charge is 0.326 e. The lowest BCUT2D eigenvalue weighted by atomic mass is 10.0. The molecule has 0 N–H and O–H groups in total. The molecule has 0 bridgehead atoms. The molecule has 2 rings (SSSR count). The van der Waals surface area contributed by atoms with E-state index in [2.05, 4.69) is 39.5 Å². The number of hydrogen-bond donors (Lipinski definition) is 0. The molecule has 0 saturated heterocycles. The van der Waals surface area contributed by atoms with Crippen LogP contribution in [0, 0.1) is 12.8 Å². The van der Waals surface area contributed by atoms with Crippen molar-refractivity contribution in [3.8, 4) is 0 Å². The lowest BCUT2D eigenvalue weighted by Crippen LogP contribution is -1.97. The Hall–Kier alpha value is -0.310. The summed E-state index contributed by atoms with van der Waals surface area (Å²) in [7, 11) is 2.06. The maximum atomic E-state index is 4.59. The number of halogens is 1.